The van der Waals surface area contributed by atoms with Gasteiger partial charge in [-0.15, -0.1) is 0 Å². The molecule has 1 saturated heterocycles. The molecule has 1 fully saturated rings. The third-order valence-corrected chi connectivity index (χ3v) is 3.75. The predicted molar refractivity (Wildman–Crippen MR) is 83.0 cm³/mol. The van der Waals surface area contributed by atoms with Crippen LogP contribution < -0.4 is 11.1 Å². The molecule has 0 radical (unpaired) electrons. The van der Waals surface area contributed by atoms with E-state index in [9.17, 15) is 0 Å². The summed E-state index contributed by atoms with van der Waals surface area (Å²) in [5.41, 5.74) is 9.73. The van der Waals surface area contributed by atoms with Gasteiger partial charge in [0.05, 0.1) is 11.6 Å². The number of fused-ring (bicyclic) bond motifs is 1. The highest BCUT2D eigenvalue weighted by atomic mass is 16.5. The maximum absolute atomic E-state index is 5.89. The van der Waals surface area contributed by atoms with Crippen molar-refractivity contribution in [3.63, 3.8) is 0 Å². The summed E-state index contributed by atoms with van der Waals surface area (Å²) in [5.74, 6) is 0. The van der Waals surface area contributed by atoms with Crippen LogP contribution in [0.4, 0.5) is 11.4 Å². The Hall–Kier alpha value is -1.81. The molecule has 1 atom stereocenters. The predicted octanol–water partition coefficient (Wildman–Crippen LogP) is 3.11. The second kappa shape index (κ2) is 5.67. The molecule has 0 spiro atoms. The van der Waals surface area contributed by atoms with E-state index in [2.05, 4.69) is 16.4 Å². The fourth-order valence-corrected chi connectivity index (χ4v) is 2.71. The zero-order valence-electron chi connectivity index (χ0n) is 11.9. The molecule has 4 nitrogen and oxygen atoms in total. The van der Waals surface area contributed by atoms with Gasteiger partial charge < -0.3 is 15.8 Å². The van der Waals surface area contributed by atoms with E-state index in [1.807, 2.05) is 25.1 Å². The average molecular weight is 271 g/mol. The Bertz CT molecular complexity index is 606. The van der Waals surface area contributed by atoms with Gasteiger partial charge in [0.1, 0.15) is 0 Å². The Morgan fingerprint density at radius 3 is 3.05 bits per heavy atom. The third kappa shape index (κ3) is 2.85. The summed E-state index contributed by atoms with van der Waals surface area (Å²) in [5, 5.41) is 4.58. The van der Waals surface area contributed by atoms with Crippen molar-refractivity contribution in [1.82, 2.24) is 4.98 Å². The number of hydrogen-bond acceptors (Lipinski definition) is 4. The Morgan fingerprint density at radius 1 is 1.35 bits per heavy atom. The first-order valence-electron chi connectivity index (χ1n) is 7.25. The number of aryl methyl sites for hydroxylation is 1. The van der Waals surface area contributed by atoms with E-state index in [4.69, 9.17) is 10.5 Å². The number of ether oxygens (including phenoxy) is 1. The van der Waals surface area contributed by atoms with Gasteiger partial charge in [0.15, 0.2) is 0 Å². The van der Waals surface area contributed by atoms with Crippen molar-refractivity contribution in [3.8, 4) is 0 Å². The van der Waals surface area contributed by atoms with Crippen LogP contribution in [0.15, 0.2) is 24.3 Å². The van der Waals surface area contributed by atoms with E-state index in [-0.39, 0.29) is 0 Å². The monoisotopic (exact) mass is 271 g/mol. The van der Waals surface area contributed by atoms with Crippen LogP contribution in [0.5, 0.6) is 0 Å². The summed E-state index contributed by atoms with van der Waals surface area (Å²) in [7, 11) is 0. The molecule has 1 aliphatic heterocycles. The van der Waals surface area contributed by atoms with Crippen LogP contribution in [0.3, 0.4) is 0 Å². The molecule has 0 bridgehead atoms. The first kappa shape index (κ1) is 13.2. The van der Waals surface area contributed by atoms with Crippen molar-refractivity contribution < 1.29 is 4.74 Å². The van der Waals surface area contributed by atoms with Crippen LogP contribution in [0.1, 0.15) is 25.0 Å². The Morgan fingerprint density at radius 2 is 2.25 bits per heavy atom. The molecular weight excluding hydrogens is 250 g/mol. The molecule has 0 saturated carbocycles. The normalized spacial score (nSPS) is 19.1. The fourth-order valence-electron chi connectivity index (χ4n) is 2.71. The molecule has 1 aliphatic rings. The number of anilines is 2. The van der Waals surface area contributed by atoms with Crippen LogP contribution in [-0.2, 0) is 4.74 Å². The summed E-state index contributed by atoms with van der Waals surface area (Å²) >= 11 is 0. The number of rotatable bonds is 3. The third-order valence-electron chi connectivity index (χ3n) is 3.75. The van der Waals surface area contributed by atoms with Crippen molar-refractivity contribution in [1.29, 1.82) is 0 Å². The number of nitrogens with zero attached hydrogens (tertiary/aromatic N) is 1. The maximum atomic E-state index is 5.89. The second-order valence-electron chi connectivity index (χ2n) is 5.46. The number of nitrogens with one attached hydrogen (secondary N) is 1. The number of nitrogens with two attached hydrogens (primary N) is 1. The molecule has 1 aromatic heterocycles. The van der Waals surface area contributed by atoms with E-state index in [0.29, 0.717) is 6.10 Å². The summed E-state index contributed by atoms with van der Waals surface area (Å²) in [4.78, 5) is 4.55. The van der Waals surface area contributed by atoms with Gasteiger partial charge in [-0.2, -0.15) is 0 Å². The van der Waals surface area contributed by atoms with E-state index in [0.717, 1.165) is 47.5 Å². The minimum Gasteiger partial charge on any atom is -0.399 e. The zero-order chi connectivity index (χ0) is 13.9. The minimum absolute atomic E-state index is 0.313. The van der Waals surface area contributed by atoms with Gasteiger partial charge in [0.2, 0.25) is 0 Å². The molecule has 1 aromatic carbocycles. The Kier molecular flexibility index (Phi) is 3.74. The van der Waals surface area contributed by atoms with Crippen LogP contribution in [0.2, 0.25) is 0 Å². The second-order valence-corrected chi connectivity index (χ2v) is 5.46. The van der Waals surface area contributed by atoms with Crippen molar-refractivity contribution in [3.05, 3.63) is 30.0 Å². The minimum atomic E-state index is 0.313. The van der Waals surface area contributed by atoms with E-state index in [1.54, 1.807) is 0 Å². The first-order valence-corrected chi connectivity index (χ1v) is 7.25. The van der Waals surface area contributed by atoms with E-state index < -0.39 is 0 Å². The molecule has 1 unspecified atom stereocenters. The van der Waals surface area contributed by atoms with Crippen molar-refractivity contribution in [2.45, 2.75) is 32.3 Å². The molecule has 0 aliphatic carbocycles. The Balaban J connectivity index is 1.83. The SMILES string of the molecule is Cc1cc(NCC2CCCCO2)c2cc(N)ccc2n1. The number of hydrogen-bond donors (Lipinski definition) is 2. The van der Waals surface area contributed by atoms with Gasteiger partial charge in [-0.1, -0.05) is 0 Å². The summed E-state index contributed by atoms with van der Waals surface area (Å²) in [6, 6.07) is 7.92. The zero-order valence-corrected chi connectivity index (χ0v) is 11.9. The smallest absolute Gasteiger partial charge is 0.0747 e. The molecule has 4 heteroatoms. The fraction of sp³-hybridized carbons (Fsp3) is 0.438. The Labute approximate surface area is 119 Å². The summed E-state index contributed by atoms with van der Waals surface area (Å²) in [6.07, 6.45) is 3.89. The van der Waals surface area contributed by atoms with Gasteiger partial charge in [0.25, 0.3) is 0 Å². The van der Waals surface area contributed by atoms with Crippen molar-refractivity contribution in [2.75, 3.05) is 24.2 Å². The molecule has 0 amide bonds. The quantitative estimate of drug-likeness (QED) is 0.842. The van der Waals surface area contributed by atoms with Gasteiger partial charge in [0, 0.05) is 35.6 Å². The molecule has 106 valence electrons. The standard InChI is InChI=1S/C16H21N3O/c1-11-8-16(18-10-13-4-2-3-7-20-13)14-9-12(17)5-6-15(14)19-11/h5-6,8-9,13H,2-4,7,10,17H2,1H3,(H,18,19). The number of nitrogen functional groups attached to an aromatic ring is 1. The molecule has 2 aromatic rings. The molecule has 20 heavy (non-hydrogen) atoms. The van der Waals surface area contributed by atoms with E-state index in [1.165, 1.54) is 12.8 Å². The highest BCUT2D eigenvalue weighted by Gasteiger charge is 2.14. The van der Waals surface area contributed by atoms with Gasteiger partial charge in [-0.25, -0.2) is 0 Å². The number of benzene rings is 1. The highest BCUT2D eigenvalue weighted by Crippen LogP contribution is 2.25. The summed E-state index contributed by atoms with van der Waals surface area (Å²) in [6.45, 7) is 3.74. The lowest BCUT2D eigenvalue weighted by molar-refractivity contribution is 0.0248. The topological polar surface area (TPSA) is 60.2 Å². The lowest BCUT2D eigenvalue weighted by Crippen LogP contribution is -2.27. The lowest BCUT2D eigenvalue weighted by Gasteiger charge is -2.23. The van der Waals surface area contributed by atoms with Crippen LogP contribution in [0.25, 0.3) is 10.9 Å². The highest BCUT2D eigenvalue weighted by molar-refractivity contribution is 5.93. The van der Waals surface area contributed by atoms with Crippen molar-refractivity contribution >= 4 is 22.3 Å². The van der Waals surface area contributed by atoms with Crippen LogP contribution in [0, 0.1) is 6.92 Å². The number of pyridine rings is 1. The van der Waals surface area contributed by atoms with Crippen LogP contribution >= 0.6 is 0 Å². The summed E-state index contributed by atoms with van der Waals surface area (Å²) < 4.78 is 5.76. The van der Waals surface area contributed by atoms with E-state index >= 15 is 0 Å². The molecular formula is C16H21N3O. The lowest BCUT2D eigenvalue weighted by atomic mass is 10.1. The molecule has 3 rings (SSSR count). The first-order chi connectivity index (χ1) is 9.72. The van der Waals surface area contributed by atoms with Gasteiger partial charge >= 0.3 is 0 Å². The number of aromatic nitrogens is 1. The van der Waals surface area contributed by atoms with Crippen LogP contribution in [-0.4, -0.2) is 24.2 Å². The van der Waals surface area contributed by atoms with Gasteiger partial charge in [-0.3, -0.25) is 4.98 Å². The maximum Gasteiger partial charge on any atom is 0.0747 e. The largest absolute Gasteiger partial charge is 0.399 e. The average Bonchev–Trinajstić information content (AvgIpc) is 2.46. The van der Waals surface area contributed by atoms with Gasteiger partial charge in [-0.05, 0) is 50.5 Å². The molecule has 2 heterocycles. The van der Waals surface area contributed by atoms with Crippen molar-refractivity contribution in [2.24, 2.45) is 0 Å². The molecule has 3 N–H and O–H groups in total.